The van der Waals surface area contributed by atoms with Crippen LogP contribution in [0, 0.1) is 0 Å². The molecule has 4 nitrogen and oxygen atoms in total. The molecule has 0 saturated heterocycles. The van der Waals surface area contributed by atoms with Crippen LogP contribution in [0.5, 0.6) is 5.75 Å². The molecule has 1 aromatic rings. The third kappa shape index (κ3) is 3.41. The van der Waals surface area contributed by atoms with E-state index in [1.54, 1.807) is 0 Å². The van der Waals surface area contributed by atoms with Gasteiger partial charge in [-0.05, 0) is 30.5 Å². The van der Waals surface area contributed by atoms with Crippen molar-refractivity contribution >= 4 is 5.97 Å². The molecule has 1 aliphatic carbocycles. The van der Waals surface area contributed by atoms with Gasteiger partial charge in [0.2, 0.25) is 0 Å². The molecule has 94 valence electrons. The van der Waals surface area contributed by atoms with E-state index >= 15 is 0 Å². The molecule has 0 amide bonds. The van der Waals surface area contributed by atoms with E-state index in [4.69, 9.17) is 5.11 Å². The van der Waals surface area contributed by atoms with Crippen LogP contribution in [0.3, 0.4) is 0 Å². The summed E-state index contributed by atoms with van der Waals surface area (Å²) in [5.41, 5.74) is -0.162. The summed E-state index contributed by atoms with van der Waals surface area (Å²) >= 11 is 0. The number of hydrogen-bond donors (Lipinski definition) is 1. The number of halogens is 2. The van der Waals surface area contributed by atoms with E-state index < -0.39 is 18.0 Å². The zero-order chi connectivity index (χ0) is 11.8. The van der Waals surface area contributed by atoms with Crippen molar-refractivity contribution in [2.24, 2.45) is 0 Å². The van der Waals surface area contributed by atoms with E-state index in [0.717, 1.165) is 0 Å². The van der Waals surface area contributed by atoms with E-state index in [1.807, 2.05) is 0 Å². The second-order valence-corrected chi connectivity index (χ2v) is 3.79. The Morgan fingerprint density at radius 1 is 1.28 bits per heavy atom. The van der Waals surface area contributed by atoms with E-state index in [0.29, 0.717) is 18.4 Å². The van der Waals surface area contributed by atoms with Gasteiger partial charge in [0.1, 0.15) is 5.75 Å². The molecule has 1 aromatic carbocycles. The average Bonchev–Trinajstić information content (AvgIpc) is 2.98. The molecule has 0 radical (unpaired) electrons. The number of carboxylic acids is 1. The number of carbonyl (C=O) groups is 1. The number of ether oxygens (including phenoxy) is 1. The molecule has 0 unspecified atom stereocenters. The van der Waals surface area contributed by atoms with Gasteiger partial charge < -0.3 is 15.3 Å². The quantitative estimate of drug-likeness (QED) is 0.728. The van der Waals surface area contributed by atoms with Gasteiger partial charge in [0.05, 0.1) is 5.41 Å². The maximum Gasteiger partial charge on any atom is 1.00 e. The van der Waals surface area contributed by atoms with Crippen molar-refractivity contribution in [3.63, 3.8) is 0 Å². The van der Waals surface area contributed by atoms with Gasteiger partial charge in [-0.25, -0.2) is 0 Å². The largest absolute Gasteiger partial charge is 1.00 e. The number of carboxylic acid groups (broad SMARTS) is 1. The molecule has 1 saturated carbocycles. The predicted octanol–water partition coefficient (Wildman–Crippen LogP) is -0.769. The Bertz CT molecular complexity index is 404. The topological polar surface area (TPSA) is 76.5 Å². The van der Waals surface area contributed by atoms with Crippen LogP contribution < -0.4 is 34.3 Å². The van der Waals surface area contributed by atoms with E-state index in [9.17, 15) is 13.6 Å². The van der Waals surface area contributed by atoms with Crippen LogP contribution in [0.2, 0.25) is 0 Å². The molecule has 0 aliphatic heterocycles. The second kappa shape index (κ2) is 6.47. The van der Waals surface area contributed by atoms with Gasteiger partial charge in [-0.15, -0.1) is 0 Å². The molecule has 2 rings (SSSR count). The molecule has 0 spiro atoms. The molecule has 0 aromatic heterocycles. The van der Waals surface area contributed by atoms with Crippen molar-refractivity contribution in [3.8, 4) is 5.75 Å². The molecule has 1 fully saturated rings. The number of alkyl halides is 2. The molecule has 0 atom stereocenters. The van der Waals surface area contributed by atoms with Crippen LogP contribution in [0.4, 0.5) is 8.78 Å². The van der Waals surface area contributed by atoms with Crippen LogP contribution in [0.15, 0.2) is 24.3 Å². The van der Waals surface area contributed by atoms with Gasteiger partial charge >= 0.3 is 42.1 Å². The monoisotopic (exact) mass is 268 g/mol. The maximum atomic E-state index is 11.9. The fourth-order valence-electron chi connectivity index (χ4n) is 1.71. The van der Waals surface area contributed by atoms with E-state index in [2.05, 4.69) is 4.74 Å². The summed E-state index contributed by atoms with van der Waals surface area (Å²) in [5.74, 6) is -0.824. The molecule has 0 heterocycles. The van der Waals surface area contributed by atoms with Gasteiger partial charge in [-0.3, -0.25) is 4.79 Å². The van der Waals surface area contributed by atoms with Crippen molar-refractivity contribution in [2.75, 3.05) is 0 Å². The third-order valence-corrected chi connectivity index (χ3v) is 2.79. The number of aliphatic carboxylic acids is 1. The number of rotatable bonds is 4. The Morgan fingerprint density at radius 3 is 2.11 bits per heavy atom. The molecule has 7 heteroatoms. The normalized spacial score (nSPS) is 15.3. The Kier molecular flexibility index (Phi) is 6.22. The van der Waals surface area contributed by atoms with Gasteiger partial charge in [-0.2, -0.15) is 8.78 Å². The van der Waals surface area contributed by atoms with Crippen LogP contribution in [-0.2, 0) is 10.2 Å². The zero-order valence-electron chi connectivity index (χ0n) is 9.77. The average molecular weight is 268 g/mol. The SMILES string of the molecule is O=C(O)C1(c2ccc(OC(F)F)cc2)CC1.[Na+].[OH-]. The predicted molar refractivity (Wildman–Crippen MR) is 53.6 cm³/mol. The first-order valence-corrected chi connectivity index (χ1v) is 4.83. The first-order chi connectivity index (χ1) is 7.54. The Hall–Kier alpha value is -0.690. The smallest absolute Gasteiger partial charge is 0.870 e. The Balaban J connectivity index is 0.00000144. The van der Waals surface area contributed by atoms with Crippen molar-refractivity contribution in [1.82, 2.24) is 0 Å². The number of hydrogen-bond acceptors (Lipinski definition) is 3. The minimum Gasteiger partial charge on any atom is -0.870 e. The zero-order valence-corrected chi connectivity index (χ0v) is 11.8. The number of benzene rings is 1. The van der Waals surface area contributed by atoms with Crippen molar-refractivity contribution in [1.29, 1.82) is 0 Å². The molecular weight excluding hydrogens is 257 g/mol. The first kappa shape index (κ1) is 17.3. The summed E-state index contributed by atoms with van der Waals surface area (Å²) in [6.07, 6.45) is 1.19. The standard InChI is InChI=1S/C11H10F2O3.Na.H2O/c12-10(13)16-8-3-1-7(2-4-8)11(5-6-11)9(14)15;;/h1-4,10H,5-6H2,(H,14,15);;1H2/q;+1;/p-1. The van der Waals surface area contributed by atoms with Crippen LogP contribution in [0.25, 0.3) is 0 Å². The molecular formula is C11H11F2NaO4. The molecule has 2 N–H and O–H groups in total. The fraction of sp³-hybridized carbons (Fsp3) is 0.364. The summed E-state index contributed by atoms with van der Waals surface area (Å²) in [5, 5.41) is 9.02. The molecule has 0 bridgehead atoms. The van der Waals surface area contributed by atoms with E-state index in [-0.39, 0.29) is 40.8 Å². The van der Waals surface area contributed by atoms with Gasteiger partial charge in [0, 0.05) is 0 Å². The Morgan fingerprint density at radius 2 is 1.78 bits per heavy atom. The first-order valence-electron chi connectivity index (χ1n) is 4.83. The minimum absolute atomic E-state index is 0. The van der Waals surface area contributed by atoms with Crippen molar-refractivity contribution in [2.45, 2.75) is 24.9 Å². The summed E-state index contributed by atoms with van der Waals surface area (Å²) in [4.78, 5) is 11.0. The van der Waals surface area contributed by atoms with Crippen molar-refractivity contribution in [3.05, 3.63) is 29.8 Å². The summed E-state index contributed by atoms with van der Waals surface area (Å²) in [6, 6.07) is 5.78. The third-order valence-electron chi connectivity index (χ3n) is 2.79. The summed E-state index contributed by atoms with van der Waals surface area (Å²) < 4.78 is 27.9. The summed E-state index contributed by atoms with van der Waals surface area (Å²) in [6.45, 7) is -2.86. The van der Waals surface area contributed by atoms with Crippen LogP contribution in [0.1, 0.15) is 18.4 Å². The molecule has 18 heavy (non-hydrogen) atoms. The van der Waals surface area contributed by atoms with Gasteiger partial charge in [0.15, 0.2) is 0 Å². The van der Waals surface area contributed by atoms with Crippen LogP contribution in [-0.4, -0.2) is 23.2 Å². The van der Waals surface area contributed by atoms with E-state index in [1.165, 1.54) is 24.3 Å². The summed E-state index contributed by atoms with van der Waals surface area (Å²) in [7, 11) is 0. The van der Waals surface area contributed by atoms with Crippen molar-refractivity contribution < 1.29 is 58.5 Å². The fourth-order valence-corrected chi connectivity index (χ4v) is 1.71. The van der Waals surface area contributed by atoms with Crippen LogP contribution >= 0.6 is 0 Å². The maximum absolute atomic E-state index is 11.9. The minimum atomic E-state index is -2.86. The Labute approximate surface area is 125 Å². The van der Waals surface area contributed by atoms with Gasteiger partial charge in [0.25, 0.3) is 0 Å². The second-order valence-electron chi connectivity index (χ2n) is 3.79. The van der Waals surface area contributed by atoms with Gasteiger partial charge in [-0.1, -0.05) is 12.1 Å². The molecule has 1 aliphatic rings.